The van der Waals surface area contributed by atoms with Crippen molar-refractivity contribution in [3.63, 3.8) is 0 Å². The van der Waals surface area contributed by atoms with Crippen LogP contribution in [0.1, 0.15) is 31.7 Å². The Labute approximate surface area is 169 Å². The third kappa shape index (κ3) is 5.02. The van der Waals surface area contributed by atoms with Crippen molar-refractivity contribution in [2.45, 2.75) is 39.7 Å². The maximum atomic E-state index is 13.0. The molecule has 6 heteroatoms. The summed E-state index contributed by atoms with van der Waals surface area (Å²) in [5.74, 6) is 1.46. The van der Waals surface area contributed by atoms with Crippen LogP contribution in [0.25, 0.3) is 0 Å². The summed E-state index contributed by atoms with van der Waals surface area (Å²) in [5, 5.41) is 1.07. The summed E-state index contributed by atoms with van der Waals surface area (Å²) in [6.07, 6.45) is 12.4. The number of carbonyl (C=O) groups is 1. The number of hydrogen-bond acceptors (Lipinski definition) is 3. The van der Waals surface area contributed by atoms with Gasteiger partial charge in [-0.1, -0.05) is 17.5 Å². The molecule has 0 bridgehead atoms. The van der Waals surface area contributed by atoms with Crippen LogP contribution in [0.5, 0.6) is 0 Å². The molecule has 2 atom stereocenters. The number of anilines is 1. The van der Waals surface area contributed by atoms with Gasteiger partial charge in [0.1, 0.15) is 11.4 Å². The predicted molar refractivity (Wildman–Crippen MR) is 116 cm³/mol. The smallest absolute Gasteiger partial charge is 0.274 e. The van der Waals surface area contributed by atoms with Crippen molar-refractivity contribution in [1.82, 2.24) is 4.57 Å². The van der Waals surface area contributed by atoms with Gasteiger partial charge in [0.15, 0.2) is 0 Å². The summed E-state index contributed by atoms with van der Waals surface area (Å²) in [6.45, 7) is 5.17. The highest BCUT2D eigenvalue weighted by molar-refractivity contribution is 7.22. The summed E-state index contributed by atoms with van der Waals surface area (Å²) >= 11 is 0. The molecule has 0 aromatic carbocycles. The Kier molecular flexibility index (Phi) is 6.56. The Morgan fingerprint density at radius 2 is 2.11 bits per heavy atom. The normalized spacial score (nSPS) is 21.1. The highest BCUT2D eigenvalue weighted by atomic mass is 31.0. The molecule has 1 saturated carbocycles. The van der Waals surface area contributed by atoms with Crippen molar-refractivity contribution in [3.05, 3.63) is 63.6 Å². The van der Waals surface area contributed by atoms with E-state index in [1.165, 1.54) is 12.8 Å². The summed E-state index contributed by atoms with van der Waals surface area (Å²) in [7, 11) is 4.26. The van der Waals surface area contributed by atoms with E-state index in [-0.39, 0.29) is 17.4 Å². The van der Waals surface area contributed by atoms with Gasteiger partial charge in [0.05, 0.1) is 7.11 Å². The Hall–Kier alpha value is -2.13. The number of amides is 1. The van der Waals surface area contributed by atoms with Gasteiger partial charge in [-0.2, -0.15) is 0 Å². The van der Waals surface area contributed by atoms with E-state index in [4.69, 9.17) is 4.74 Å². The van der Waals surface area contributed by atoms with Gasteiger partial charge in [-0.25, -0.2) is 0 Å². The summed E-state index contributed by atoms with van der Waals surface area (Å²) < 4.78 is 7.08. The average Bonchev–Trinajstić information content (AvgIpc) is 3.39. The molecule has 5 nitrogen and oxygen atoms in total. The van der Waals surface area contributed by atoms with Crippen molar-refractivity contribution in [3.8, 4) is 0 Å². The molecule has 0 N–H and O–H groups in total. The molecule has 3 rings (SSSR count). The maximum absolute atomic E-state index is 13.0. The number of rotatable bonds is 7. The first-order valence-electron chi connectivity index (χ1n) is 9.75. The number of carbonyl (C=O) groups excluding carboxylic acids is 1. The predicted octanol–water partition coefficient (Wildman–Crippen LogP) is 3.79. The molecule has 1 aromatic heterocycles. The van der Waals surface area contributed by atoms with E-state index in [0.29, 0.717) is 24.6 Å². The second-order valence-electron chi connectivity index (χ2n) is 7.76. The molecule has 2 aliphatic rings. The van der Waals surface area contributed by atoms with Gasteiger partial charge in [-0.3, -0.25) is 9.59 Å². The van der Waals surface area contributed by atoms with Crippen LogP contribution in [-0.4, -0.2) is 24.1 Å². The molecular weight excluding hydrogens is 371 g/mol. The Balaban J connectivity index is 1.76. The van der Waals surface area contributed by atoms with Gasteiger partial charge in [-0.05, 0) is 56.4 Å². The fraction of sp³-hybridized carbons (Fsp3) is 0.455. The molecule has 1 amide bonds. The number of methoxy groups -OCH3 is 1. The first-order chi connectivity index (χ1) is 13.4. The van der Waals surface area contributed by atoms with E-state index >= 15 is 0 Å². The minimum atomic E-state index is -0.0486. The van der Waals surface area contributed by atoms with Crippen molar-refractivity contribution in [2.75, 3.05) is 18.6 Å². The lowest BCUT2D eigenvalue weighted by atomic mass is 10.1. The Morgan fingerprint density at radius 3 is 2.75 bits per heavy atom. The molecule has 1 unspecified atom stereocenters. The van der Waals surface area contributed by atoms with Crippen molar-refractivity contribution < 1.29 is 9.53 Å². The lowest BCUT2D eigenvalue weighted by Gasteiger charge is -2.19. The van der Waals surface area contributed by atoms with Crippen LogP contribution >= 0.6 is 9.24 Å². The molecule has 150 valence electrons. The lowest BCUT2D eigenvalue weighted by Crippen LogP contribution is -2.34. The topological polar surface area (TPSA) is 51.5 Å². The Morgan fingerprint density at radius 1 is 1.36 bits per heavy atom. The number of ether oxygens (including phenoxy) is 1. The lowest BCUT2D eigenvalue weighted by molar-refractivity contribution is -0.117. The van der Waals surface area contributed by atoms with Crippen molar-refractivity contribution >= 4 is 20.8 Å². The fourth-order valence-corrected chi connectivity index (χ4v) is 3.66. The van der Waals surface area contributed by atoms with Gasteiger partial charge in [0.25, 0.3) is 5.56 Å². The minimum Gasteiger partial charge on any atom is -0.497 e. The Bertz CT molecular complexity index is 890. The standard InChI is InChI=1S/C22H29N2O3P/c1-15-9-10-23(13-17-7-8-17)22(26)21(15)24-14-18(12-20(24)25)5-4-6-19(27-3)11-16(2)28/h4-6,9-11,17-18H,7-8,12-14,28H2,1-3H3/b5-4+,16-11+,19-6+/t18-/m0/s1. The van der Waals surface area contributed by atoms with Crippen molar-refractivity contribution in [1.29, 1.82) is 0 Å². The van der Waals surface area contributed by atoms with Gasteiger partial charge in [0.2, 0.25) is 5.91 Å². The highest BCUT2D eigenvalue weighted by Gasteiger charge is 2.32. The van der Waals surface area contributed by atoms with Crippen LogP contribution in [0.15, 0.2) is 52.4 Å². The number of aryl methyl sites for hydroxylation is 1. The largest absolute Gasteiger partial charge is 0.497 e. The molecule has 0 radical (unpaired) electrons. The molecule has 1 aromatic rings. The number of allylic oxidation sites excluding steroid dienone is 4. The maximum Gasteiger partial charge on any atom is 0.274 e. The van der Waals surface area contributed by atoms with E-state index in [9.17, 15) is 9.59 Å². The molecule has 1 aliphatic carbocycles. The number of nitrogens with zero attached hydrogens (tertiary/aromatic N) is 2. The number of aromatic nitrogens is 1. The molecule has 2 fully saturated rings. The van der Waals surface area contributed by atoms with Crippen LogP contribution in [-0.2, 0) is 16.1 Å². The van der Waals surface area contributed by atoms with Crippen molar-refractivity contribution in [2.24, 2.45) is 11.8 Å². The quantitative estimate of drug-likeness (QED) is 0.398. The number of hydrogen-bond donors (Lipinski definition) is 0. The van der Waals surface area contributed by atoms with E-state index in [1.54, 1.807) is 16.6 Å². The fourth-order valence-electron chi connectivity index (χ4n) is 3.49. The van der Waals surface area contributed by atoms with E-state index in [0.717, 1.165) is 23.2 Å². The first-order valence-corrected chi connectivity index (χ1v) is 10.3. The SMILES string of the molecule is COC(/C=C(\C)P)=C/C=C/[C@H]1CC(=O)N(c2c(C)ccn(CC3CC3)c2=O)C1. The summed E-state index contributed by atoms with van der Waals surface area (Å²) in [5.41, 5.74) is 1.35. The van der Waals surface area contributed by atoms with Gasteiger partial charge >= 0.3 is 0 Å². The second kappa shape index (κ2) is 8.91. The van der Waals surface area contributed by atoms with E-state index in [2.05, 4.69) is 9.24 Å². The zero-order valence-electron chi connectivity index (χ0n) is 16.9. The molecular formula is C22H29N2O3P. The van der Waals surface area contributed by atoms with E-state index < -0.39 is 0 Å². The summed E-state index contributed by atoms with van der Waals surface area (Å²) in [6, 6.07) is 1.95. The molecule has 1 aliphatic heterocycles. The van der Waals surface area contributed by atoms with E-state index in [1.807, 2.05) is 50.4 Å². The third-order valence-electron chi connectivity index (χ3n) is 5.17. The van der Waals surface area contributed by atoms with Crippen LogP contribution in [0.2, 0.25) is 0 Å². The zero-order chi connectivity index (χ0) is 20.3. The molecule has 28 heavy (non-hydrogen) atoms. The monoisotopic (exact) mass is 400 g/mol. The molecule has 0 spiro atoms. The van der Waals surface area contributed by atoms with Crippen LogP contribution < -0.4 is 10.5 Å². The minimum absolute atomic E-state index is 0.00987. The summed E-state index contributed by atoms with van der Waals surface area (Å²) in [4.78, 5) is 27.2. The van der Waals surface area contributed by atoms with Gasteiger partial charge in [0, 0.05) is 31.6 Å². The third-order valence-corrected chi connectivity index (χ3v) is 5.33. The first kappa shape index (κ1) is 20.6. The molecule has 1 saturated heterocycles. The highest BCUT2D eigenvalue weighted by Crippen LogP contribution is 2.31. The number of pyridine rings is 1. The average molecular weight is 400 g/mol. The zero-order valence-corrected chi connectivity index (χ0v) is 18.0. The van der Waals surface area contributed by atoms with Crippen LogP contribution in [0, 0.1) is 18.8 Å². The van der Waals surface area contributed by atoms with Crippen LogP contribution in [0.3, 0.4) is 0 Å². The van der Waals surface area contributed by atoms with Gasteiger partial charge in [-0.15, -0.1) is 9.24 Å². The second-order valence-corrected chi connectivity index (χ2v) is 8.67. The van der Waals surface area contributed by atoms with Crippen LogP contribution in [0.4, 0.5) is 5.69 Å². The van der Waals surface area contributed by atoms with Gasteiger partial charge < -0.3 is 14.2 Å². The molecule has 2 heterocycles.